The lowest BCUT2D eigenvalue weighted by molar-refractivity contribution is -0.132. The number of ether oxygens (including phenoxy) is 1. The molecule has 3 aromatic rings. The van der Waals surface area contributed by atoms with Gasteiger partial charge in [0.1, 0.15) is 17.8 Å². The molecule has 0 aliphatic heterocycles. The topological polar surface area (TPSA) is 135 Å². The van der Waals surface area contributed by atoms with Crippen molar-refractivity contribution < 1.29 is 19.1 Å². The zero-order chi connectivity index (χ0) is 28.0. The van der Waals surface area contributed by atoms with E-state index in [1.165, 1.54) is 0 Å². The van der Waals surface area contributed by atoms with Gasteiger partial charge in [-0.3, -0.25) is 19.4 Å². The first kappa shape index (κ1) is 29.3. The van der Waals surface area contributed by atoms with Crippen LogP contribution in [0.15, 0.2) is 72.9 Å². The molecule has 0 saturated heterocycles. The van der Waals surface area contributed by atoms with Gasteiger partial charge in [0, 0.05) is 44.2 Å². The molecule has 0 fully saturated rings. The van der Waals surface area contributed by atoms with Crippen molar-refractivity contribution >= 4 is 17.7 Å². The number of benzene rings is 2. The fourth-order valence-electron chi connectivity index (χ4n) is 3.94. The van der Waals surface area contributed by atoms with Gasteiger partial charge in [0.25, 0.3) is 0 Å². The van der Waals surface area contributed by atoms with Crippen LogP contribution in [0.2, 0.25) is 0 Å². The van der Waals surface area contributed by atoms with Crippen LogP contribution >= 0.6 is 0 Å². The molecule has 3 rings (SSSR count). The SMILES string of the molecule is CCOc1ccc(C[C@@H](NC(=O)CC)C(=O)N[C@@H](Cc2ccccn2)C(=O)NCc2ccc(CN)cc2)cc1. The summed E-state index contributed by atoms with van der Waals surface area (Å²) < 4.78 is 5.49. The molecule has 5 N–H and O–H groups in total. The van der Waals surface area contributed by atoms with Crippen LogP contribution in [0.4, 0.5) is 0 Å². The average Bonchev–Trinajstić information content (AvgIpc) is 2.97. The van der Waals surface area contributed by atoms with Gasteiger partial charge in [0.05, 0.1) is 6.61 Å². The minimum Gasteiger partial charge on any atom is -0.494 e. The minimum absolute atomic E-state index is 0.196. The Labute approximate surface area is 229 Å². The van der Waals surface area contributed by atoms with Crippen molar-refractivity contribution in [3.05, 3.63) is 95.3 Å². The van der Waals surface area contributed by atoms with Crippen LogP contribution in [0.3, 0.4) is 0 Å². The van der Waals surface area contributed by atoms with Gasteiger partial charge in [-0.15, -0.1) is 0 Å². The van der Waals surface area contributed by atoms with Gasteiger partial charge in [-0.25, -0.2) is 0 Å². The normalized spacial score (nSPS) is 12.2. The fraction of sp³-hybridized carbons (Fsp3) is 0.333. The second-order valence-electron chi connectivity index (χ2n) is 9.08. The Kier molecular flexibility index (Phi) is 11.5. The van der Waals surface area contributed by atoms with E-state index >= 15 is 0 Å². The third-order valence-electron chi connectivity index (χ3n) is 6.14. The molecule has 0 aliphatic rings. The fourth-order valence-corrected chi connectivity index (χ4v) is 3.94. The summed E-state index contributed by atoms with van der Waals surface area (Å²) in [5.41, 5.74) is 9.08. The lowest BCUT2D eigenvalue weighted by atomic mass is 10.0. The number of amides is 3. The van der Waals surface area contributed by atoms with Crippen LogP contribution in [-0.4, -0.2) is 41.4 Å². The van der Waals surface area contributed by atoms with Crippen molar-refractivity contribution in [3.8, 4) is 5.75 Å². The van der Waals surface area contributed by atoms with Crippen LogP contribution in [0.5, 0.6) is 5.75 Å². The highest BCUT2D eigenvalue weighted by Gasteiger charge is 2.27. The Morgan fingerprint density at radius 3 is 2.10 bits per heavy atom. The maximum atomic E-state index is 13.5. The zero-order valence-electron chi connectivity index (χ0n) is 22.5. The molecule has 0 aliphatic carbocycles. The van der Waals surface area contributed by atoms with E-state index in [1.54, 1.807) is 25.3 Å². The predicted octanol–water partition coefficient (Wildman–Crippen LogP) is 2.42. The largest absolute Gasteiger partial charge is 0.494 e. The zero-order valence-corrected chi connectivity index (χ0v) is 22.5. The number of hydrogen-bond donors (Lipinski definition) is 4. The number of pyridine rings is 1. The first-order chi connectivity index (χ1) is 18.9. The highest BCUT2D eigenvalue weighted by Crippen LogP contribution is 2.14. The van der Waals surface area contributed by atoms with Crippen molar-refractivity contribution in [2.24, 2.45) is 5.73 Å². The Hall–Kier alpha value is -4.24. The smallest absolute Gasteiger partial charge is 0.243 e. The van der Waals surface area contributed by atoms with E-state index < -0.39 is 18.0 Å². The predicted molar refractivity (Wildman–Crippen MR) is 150 cm³/mol. The number of nitrogens with zero attached hydrogens (tertiary/aromatic N) is 1. The molecule has 0 bridgehead atoms. The molecule has 206 valence electrons. The van der Waals surface area contributed by atoms with Crippen LogP contribution in [0.1, 0.15) is 42.7 Å². The van der Waals surface area contributed by atoms with Gasteiger partial charge >= 0.3 is 0 Å². The molecule has 1 heterocycles. The highest BCUT2D eigenvalue weighted by atomic mass is 16.5. The van der Waals surface area contributed by atoms with E-state index in [1.807, 2.05) is 61.5 Å². The highest BCUT2D eigenvalue weighted by molar-refractivity contribution is 5.92. The van der Waals surface area contributed by atoms with E-state index in [0.717, 1.165) is 22.4 Å². The summed E-state index contributed by atoms with van der Waals surface area (Å²) in [4.78, 5) is 43.3. The lowest BCUT2D eigenvalue weighted by Gasteiger charge is -2.23. The second kappa shape index (κ2) is 15.2. The molecule has 0 spiro atoms. The summed E-state index contributed by atoms with van der Waals surface area (Å²) >= 11 is 0. The molecule has 3 amide bonds. The van der Waals surface area contributed by atoms with Crippen LogP contribution in [-0.2, 0) is 40.3 Å². The number of nitrogens with one attached hydrogen (secondary N) is 3. The molecule has 9 heteroatoms. The second-order valence-corrected chi connectivity index (χ2v) is 9.08. The van der Waals surface area contributed by atoms with Gasteiger partial charge in [-0.2, -0.15) is 0 Å². The van der Waals surface area contributed by atoms with Crippen molar-refractivity contribution in [2.75, 3.05) is 6.61 Å². The first-order valence-corrected chi connectivity index (χ1v) is 13.2. The number of aromatic nitrogens is 1. The van der Waals surface area contributed by atoms with Crippen LogP contribution < -0.4 is 26.4 Å². The summed E-state index contributed by atoms with van der Waals surface area (Å²) in [5.74, 6) is -0.329. The molecule has 9 nitrogen and oxygen atoms in total. The summed E-state index contributed by atoms with van der Waals surface area (Å²) in [6, 6.07) is 18.7. The molecule has 39 heavy (non-hydrogen) atoms. The molecular weight excluding hydrogens is 494 g/mol. The van der Waals surface area contributed by atoms with Gasteiger partial charge in [-0.05, 0) is 47.9 Å². The molecule has 2 atom stereocenters. The number of carbonyl (C=O) groups is 3. The number of hydrogen-bond acceptors (Lipinski definition) is 6. The first-order valence-electron chi connectivity index (χ1n) is 13.2. The monoisotopic (exact) mass is 531 g/mol. The number of carbonyl (C=O) groups excluding carboxylic acids is 3. The van der Waals surface area contributed by atoms with Gasteiger partial charge in [0.2, 0.25) is 17.7 Å². The molecule has 0 radical (unpaired) electrons. The van der Waals surface area contributed by atoms with Gasteiger partial charge in [-0.1, -0.05) is 49.4 Å². The van der Waals surface area contributed by atoms with Crippen molar-refractivity contribution in [2.45, 2.75) is 58.3 Å². The van der Waals surface area contributed by atoms with Crippen molar-refractivity contribution in [3.63, 3.8) is 0 Å². The summed E-state index contributed by atoms with van der Waals surface area (Å²) in [7, 11) is 0. The Balaban J connectivity index is 1.75. The Bertz CT molecular complexity index is 1200. The van der Waals surface area contributed by atoms with E-state index in [-0.39, 0.29) is 31.1 Å². The minimum atomic E-state index is -0.892. The van der Waals surface area contributed by atoms with E-state index in [2.05, 4.69) is 20.9 Å². The standard InChI is InChI=1S/C30H37N5O4/c1-3-28(36)34-26(17-21-12-14-25(15-13-21)39-4-2)30(38)35-27(18-24-7-5-6-16-32-24)29(37)33-20-23-10-8-22(19-31)9-11-23/h5-16,26-27H,3-4,17-20,31H2,1-2H3,(H,33,37)(H,34,36)(H,35,38)/t26-,27+/m1/s1. The Morgan fingerprint density at radius 2 is 1.49 bits per heavy atom. The van der Waals surface area contributed by atoms with E-state index in [4.69, 9.17) is 10.5 Å². The molecule has 2 aromatic carbocycles. The third kappa shape index (κ3) is 9.54. The van der Waals surface area contributed by atoms with Crippen LogP contribution in [0, 0.1) is 0 Å². The summed E-state index contributed by atoms with van der Waals surface area (Å²) in [6.45, 7) is 4.91. The molecule has 1 aromatic heterocycles. The molecule has 0 unspecified atom stereocenters. The summed E-state index contributed by atoms with van der Waals surface area (Å²) in [5, 5.41) is 8.55. The molecular formula is C30H37N5O4. The quantitative estimate of drug-likeness (QED) is 0.252. The van der Waals surface area contributed by atoms with Gasteiger partial charge in [0.15, 0.2) is 0 Å². The maximum absolute atomic E-state index is 13.5. The third-order valence-corrected chi connectivity index (χ3v) is 6.14. The Morgan fingerprint density at radius 1 is 0.821 bits per heavy atom. The van der Waals surface area contributed by atoms with E-state index in [9.17, 15) is 14.4 Å². The van der Waals surface area contributed by atoms with Gasteiger partial charge < -0.3 is 26.4 Å². The number of rotatable bonds is 14. The maximum Gasteiger partial charge on any atom is 0.243 e. The molecule has 0 saturated carbocycles. The van der Waals surface area contributed by atoms with E-state index in [0.29, 0.717) is 25.4 Å². The van der Waals surface area contributed by atoms with Crippen molar-refractivity contribution in [1.82, 2.24) is 20.9 Å². The van der Waals surface area contributed by atoms with Crippen molar-refractivity contribution in [1.29, 1.82) is 0 Å². The average molecular weight is 532 g/mol. The van der Waals surface area contributed by atoms with Crippen LogP contribution in [0.25, 0.3) is 0 Å². The number of nitrogens with two attached hydrogens (primary N) is 1. The lowest BCUT2D eigenvalue weighted by Crippen LogP contribution is -2.55. The summed E-state index contributed by atoms with van der Waals surface area (Å²) in [6.07, 6.45) is 2.33.